The molecule has 0 N–H and O–H groups in total. The number of benzene rings is 1. The van der Waals surface area contributed by atoms with Gasteiger partial charge in [0.05, 0.1) is 4.92 Å². The molecule has 0 spiro atoms. The third kappa shape index (κ3) is 4.22. The van der Waals surface area contributed by atoms with Crippen LogP contribution in [0.5, 0.6) is 0 Å². The van der Waals surface area contributed by atoms with Gasteiger partial charge < -0.3 is 14.7 Å². The summed E-state index contributed by atoms with van der Waals surface area (Å²) >= 11 is 1.30. The Bertz CT molecular complexity index is 676. The highest BCUT2D eigenvalue weighted by molar-refractivity contribution is 8.13. The van der Waals surface area contributed by atoms with Crippen molar-refractivity contribution >= 4 is 34.3 Å². The number of anilines is 1. The normalized spacial score (nSPS) is 17.9. The molecule has 2 aliphatic heterocycles. The van der Waals surface area contributed by atoms with Crippen molar-refractivity contribution in [2.75, 3.05) is 49.9 Å². The minimum Gasteiger partial charge on any atom is -0.368 e. The fourth-order valence-electron chi connectivity index (χ4n) is 3.03. The summed E-state index contributed by atoms with van der Waals surface area (Å²) in [5, 5.41) is 10.9. The molecular formula is C16H20N4O4S. The smallest absolute Gasteiger partial charge is 0.281 e. The highest BCUT2D eigenvalue weighted by atomic mass is 32.2. The SMILES string of the molecule is O=C(CCN1CCSC1=O)N1CCN(c2cccc([N+](=O)[O-])c2)CC1. The lowest BCUT2D eigenvalue weighted by Gasteiger charge is -2.36. The van der Waals surface area contributed by atoms with Crippen LogP contribution in [0.25, 0.3) is 0 Å². The van der Waals surface area contributed by atoms with Crippen molar-refractivity contribution in [2.24, 2.45) is 0 Å². The maximum atomic E-state index is 12.3. The fourth-order valence-corrected chi connectivity index (χ4v) is 3.89. The predicted octanol–water partition coefficient (Wildman–Crippen LogP) is 1.80. The quantitative estimate of drug-likeness (QED) is 0.585. The van der Waals surface area contributed by atoms with Crippen molar-refractivity contribution in [3.8, 4) is 0 Å². The van der Waals surface area contributed by atoms with E-state index < -0.39 is 4.92 Å². The van der Waals surface area contributed by atoms with E-state index in [1.54, 1.807) is 17.0 Å². The van der Waals surface area contributed by atoms with Gasteiger partial charge in [0, 0.05) is 69.3 Å². The Balaban J connectivity index is 1.49. The van der Waals surface area contributed by atoms with Gasteiger partial charge in [-0.05, 0) is 6.07 Å². The molecule has 9 heteroatoms. The second-order valence-corrected chi connectivity index (χ2v) is 7.04. The maximum Gasteiger partial charge on any atom is 0.281 e. The van der Waals surface area contributed by atoms with E-state index in [9.17, 15) is 19.7 Å². The zero-order valence-electron chi connectivity index (χ0n) is 13.8. The Labute approximate surface area is 149 Å². The van der Waals surface area contributed by atoms with Gasteiger partial charge in [-0.2, -0.15) is 0 Å². The van der Waals surface area contributed by atoms with Gasteiger partial charge in [0.2, 0.25) is 5.91 Å². The Morgan fingerprint density at radius 1 is 1.20 bits per heavy atom. The Morgan fingerprint density at radius 2 is 1.96 bits per heavy atom. The molecule has 8 nitrogen and oxygen atoms in total. The number of hydrogen-bond acceptors (Lipinski definition) is 6. The number of carbonyl (C=O) groups excluding carboxylic acids is 2. The molecule has 1 aromatic rings. The van der Waals surface area contributed by atoms with E-state index in [-0.39, 0.29) is 16.8 Å². The first kappa shape index (κ1) is 17.5. The van der Waals surface area contributed by atoms with Gasteiger partial charge >= 0.3 is 0 Å². The van der Waals surface area contributed by atoms with Crippen LogP contribution in [0.4, 0.5) is 16.2 Å². The number of thioether (sulfide) groups is 1. The molecule has 0 aromatic heterocycles. The standard InChI is InChI=1S/C16H20N4O4S/c21-15(4-5-19-10-11-25-16(19)22)18-8-6-17(7-9-18)13-2-1-3-14(12-13)20(23)24/h1-3,12H,4-11H2. The van der Waals surface area contributed by atoms with Crippen molar-refractivity contribution in [3.63, 3.8) is 0 Å². The number of rotatable bonds is 5. The average Bonchev–Trinajstić information content (AvgIpc) is 3.05. The van der Waals surface area contributed by atoms with E-state index in [4.69, 9.17) is 0 Å². The second-order valence-electron chi connectivity index (χ2n) is 6.00. The van der Waals surface area contributed by atoms with Gasteiger partial charge in [-0.25, -0.2) is 0 Å². The van der Waals surface area contributed by atoms with E-state index in [0.717, 1.165) is 18.0 Å². The van der Waals surface area contributed by atoms with E-state index in [0.29, 0.717) is 39.1 Å². The predicted molar refractivity (Wildman–Crippen MR) is 95.9 cm³/mol. The lowest BCUT2D eigenvalue weighted by Crippen LogP contribution is -2.49. The number of amides is 2. The van der Waals surface area contributed by atoms with Crippen molar-refractivity contribution in [2.45, 2.75) is 6.42 Å². The summed E-state index contributed by atoms with van der Waals surface area (Å²) in [7, 11) is 0. The van der Waals surface area contributed by atoms with E-state index in [1.807, 2.05) is 11.0 Å². The van der Waals surface area contributed by atoms with Crippen molar-refractivity contribution in [1.82, 2.24) is 9.80 Å². The molecule has 0 atom stereocenters. The van der Waals surface area contributed by atoms with Crippen molar-refractivity contribution in [3.05, 3.63) is 34.4 Å². The monoisotopic (exact) mass is 364 g/mol. The molecule has 2 aliphatic rings. The first-order chi connectivity index (χ1) is 12.0. The Hall–Kier alpha value is -2.29. The molecule has 1 aromatic carbocycles. The molecule has 0 saturated carbocycles. The molecule has 2 fully saturated rings. The van der Waals surface area contributed by atoms with Crippen LogP contribution < -0.4 is 4.90 Å². The first-order valence-electron chi connectivity index (χ1n) is 8.23. The van der Waals surface area contributed by atoms with Crippen molar-refractivity contribution < 1.29 is 14.5 Å². The molecule has 0 aliphatic carbocycles. The van der Waals surface area contributed by atoms with Crippen LogP contribution in [0.3, 0.4) is 0 Å². The summed E-state index contributed by atoms with van der Waals surface area (Å²) < 4.78 is 0. The molecule has 2 saturated heterocycles. The molecule has 25 heavy (non-hydrogen) atoms. The first-order valence-corrected chi connectivity index (χ1v) is 9.22. The summed E-state index contributed by atoms with van der Waals surface area (Å²) in [4.78, 5) is 39.9. The number of hydrogen-bond donors (Lipinski definition) is 0. The number of nitro groups is 1. The van der Waals surface area contributed by atoms with Crippen LogP contribution in [0.2, 0.25) is 0 Å². The number of carbonyl (C=O) groups is 2. The van der Waals surface area contributed by atoms with Crippen LogP contribution in [-0.4, -0.2) is 70.9 Å². The number of nitrogens with zero attached hydrogens (tertiary/aromatic N) is 4. The fraction of sp³-hybridized carbons (Fsp3) is 0.500. The van der Waals surface area contributed by atoms with Crippen LogP contribution >= 0.6 is 11.8 Å². The summed E-state index contributed by atoms with van der Waals surface area (Å²) in [6.45, 7) is 3.67. The number of non-ortho nitro benzene ring substituents is 1. The van der Waals surface area contributed by atoms with E-state index in [1.165, 1.54) is 17.8 Å². The summed E-state index contributed by atoms with van der Waals surface area (Å²) in [6.07, 6.45) is 0.350. The lowest BCUT2D eigenvalue weighted by atomic mass is 10.2. The summed E-state index contributed by atoms with van der Waals surface area (Å²) in [5.41, 5.74) is 0.880. The molecule has 2 amide bonds. The Morgan fingerprint density at radius 3 is 2.60 bits per heavy atom. The van der Waals surface area contributed by atoms with Gasteiger partial charge in [-0.15, -0.1) is 0 Å². The average molecular weight is 364 g/mol. The number of nitro benzene ring substituents is 1. The van der Waals surface area contributed by atoms with Gasteiger partial charge in [0.25, 0.3) is 10.9 Å². The molecule has 2 heterocycles. The van der Waals surface area contributed by atoms with E-state index in [2.05, 4.69) is 4.90 Å². The van der Waals surface area contributed by atoms with Crippen molar-refractivity contribution in [1.29, 1.82) is 0 Å². The van der Waals surface area contributed by atoms with Gasteiger partial charge in [-0.3, -0.25) is 19.7 Å². The Kier molecular flexibility index (Phi) is 5.42. The number of piperazine rings is 1. The highest BCUT2D eigenvalue weighted by Gasteiger charge is 2.25. The third-order valence-corrected chi connectivity index (χ3v) is 5.37. The molecule has 3 rings (SSSR count). The molecule has 0 radical (unpaired) electrons. The second kappa shape index (κ2) is 7.73. The topological polar surface area (TPSA) is 87.0 Å². The lowest BCUT2D eigenvalue weighted by molar-refractivity contribution is -0.384. The minimum atomic E-state index is -0.402. The van der Waals surface area contributed by atoms with Crippen LogP contribution in [-0.2, 0) is 4.79 Å². The van der Waals surface area contributed by atoms with Gasteiger partial charge in [0.1, 0.15) is 0 Å². The molecule has 0 bridgehead atoms. The minimum absolute atomic E-state index is 0.0586. The molecular weight excluding hydrogens is 344 g/mol. The maximum absolute atomic E-state index is 12.3. The zero-order valence-corrected chi connectivity index (χ0v) is 14.6. The summed E-state index contributed by atoms with van der Waals surface area (Å²) in [5.74, 6) is 0.859. The van der Waals surface area contributed by atoms with E-state index >= 15 is 0 Å². The van der Waals surface area contributed by atoms with Gasteiger partial charge in [-0.1, -0.05) is 17.8 Å². The molecule has 0 unspecified atom stereocenters. The van der Waals surface area contributed by atoms with Gasteiger partial charge in [0.15, 0.2) is 0 Å². The third-order valence-electron chi connectivity index (χ3n) is 4.48. The summed E-state index contributed by atoms with van der Waals surface area (Å²) in [6, 6.07) is 6.56. The van der Waals surface area contributed by atoms with Crippen LogP contribution in [0.1, 0.15) is 6.42 Å². The highest BCUT2D eigenvalue weighted by Crippen LogP contribution is 2.22. The van der Waals surface area contributed by atoms with Crippen LogP contribution in [0.15, 0.2) is 24.3 Å². The molecule has 134 valence electrons. The zero-order chi connectivity index (χ0) is 17.8. The van der Waals surface area contributed by atoms with Crippen LogP contribution in [0, 0.1) is 10.1 Å². The largest absolute Gasteiger partial charge is 0.368 e.